The second-order valence-electron chi connectivity index (χ2n) is 2.19. The molecule has 0 N–H and O–H groups in total. The molecule has 0 unspecified atom stereocenters. The zero-order chi connectivity index (χ0) is 7.40. The van der Waals surface area contributed by atoms with Gasteiger partial charge in [0.15, 0.2) is 0 Å². The van der Waals surface area contributed by atoms with Gasteiger partial charge in [-0.2, -0.15) is 0 Å². The van der Waals surface area contributed by atoms with Crippen LogP contribution >= 0.6 is 23.2 Å². The van der Waals surface area contributed by atoms with Gasteiger partial charge in [0.05, 0.1) is 0 Å². The molecule has 0 aliphatic heterocycles. The quantitative estimate of drug-likeness (QED) is 0.498. The van der Waals surface area contributed by atoms with Crippen LogP contribution in [0.4, 0.5) is 0 Å². The van der Waals surface area contributed by atoms with Crippen LogP contribution in [0.3, 0.4) is 0 Å². The van der Waals surface area contributed by atoms with E-state index in [1.165, 1.54) is 3.88 Å². The average molecular weight is 212 g/mol. The fraction of sp³-hybridized carbons (Fsp3) is 0.429. The Morgan fingerprint density at radius 2 is 2.10 bits per heavy atom. The standard InChI is InChI=1S/C5H5.2CH2Cl.Ti/c1-2-4-5-3-1;2*1-2;/h1-3H,4H2;2*1H2;. The summed E-state index contributed by atoms with van der Waals surface area (Å²) in [7, 11) is 0. The van der Waals surface area contributed by atoms with E-state index in [0.717, 1.165) is 14.8 Å². The van der Waals surface area contributed by atoms with Crippen molar-refractivity contribution in [2.24, 2.45) is 0 Å². The molecule has 0 saturated heterocycles. The number of halogens is 2. The van der Waals surface area contributed by atoms with Crippen molar-refractivity contribution in [1.82, 2.24) is 0 Å². The maximum absolute atomic E-state index is 5.77. The molecular formula is C7H9Cl2Ti. The van der Waals surface area contributed by atoms with Gasteiger partial charge in [0.2, 0.25) is 0 Å². The van der Waals surface area contributed by atoms with E-state index in [0.29, 0.717) is 0 Å². The van der Waals surface area contributed by atoms with Crippen LogP contribution < -0.4 is 0 Å². The van der Waals surface area contributed by atoms with Gasteiger partial charge >= 0.3 is 78.0 Å². The van der Waals surface area contributed by atoms with E-state index >= 15 is 0 Å². The Labute approximate surface area is 77.7 Å². The van der Waals surface area contributed by atoms with Gasteiger partial charge in [-0.05, 0) is 0 Å². The second-order valence-corrected chi connectivity index (χ2v) is 8.12. The van der Waals surface area contributed by atoms with Gasteiger partial charge in [0.25, 0.3) is 0 Å². The van der Waals surface area contributed by atoms with Crippen molar-refractivity contribution < 1.29 is 17.9 Å². The van der Waals surface area contributed by atoms with Crippen LogP contribution in [0.5, 0.6) is 0 Å². The van der Waals surface area contributed by atoms with Crippen LogP contribution in [0, 0.1) is 0 Å². The Hall–Kier alpha value is 0.774. The molecule has 0 bridgehead atoms. The van der Waals surface area contributed by atoms with Crippen molar-refractivity contribution in [3.05, 3.63) is 22.1 Å². The number of allylic oxidation sites excluding steroid dienone is 4. The fourth-order valence-electron chi connectivity index (χ4n) is 0.917. The van der Waals surface area contributed by atoms with Gasteiger partial charge in [-0.15, -0.1) is 0 Å². The molecule has 1 aliphatic carbocycles. The molecule has 0 fully saturated rings. The molecule has 0 amide bonds. The molecule has 10 heavy (non-hydrogen) atoms. The topological polar surface area (TPSA) is 0 Å². The summed E-state index contributed by atoms with van der Waals surface area (Å²) in [4.78, 5) is 0. The first-order chi connectivity index (χ1) is 4.88. The van der Waals surface area contributed by atoms with E-state index in [-0.39, 0.29) is 0 Å². The predicted octanol–water partition coefficient (Wildman–Crippen LogP) is 2.84. The first kappa shape index (κ1) is 8.87. The van der Waals surface area contributed by atoms with Crippen LogP contribution in [-0.4, -0.2) is 8.37 Å². The number of rotatable bonds is 3. The van der Waals surface area contributed by atoms with Gasteiger partial charge in [-0.3, -0.25) is 0 Å². The van der Waals surface area contributed by atoms with E-state index in [2.05, 4.69) is 18.2 Å². The molecule has 0 radical (unpaired) electrons. The van der Waals surface area contributed by atoms with Crippen LogP contribution in [0.2, 0.25) is 0 Å². The van der Waals surface area contributed by atoms with Gasteiger partial charge < -0.3 is 0 Å². The van der Waals surface area contributed by atoms with E-state index in [4.69, 9.17) is 23.2 Å². The summed E-state index contributed by atoms with van der Waals surface area (Å²) in [6.07, 6.45) is 7.55. The minimum absolute atomic E-state index is 0.803. The number of hydrogen-bond donors (Lipinski definition) is 0. The van der Waals surface area contributed by atoms with Crippen LogP contribution in [-0.2, 0) is 17.9 Å². The van der Waals surface area contributed by atoms with Gasteiger partial charge in [-0.25, -0.2) is 0 Å². The van der Waals surface area contributed by atoms with E-state index in [1.54, 1.807) is 0 Å². The molecule has 1 aliphatic rings. The fourth-order valence-corrected chi connectivity index (χ4v) is 5.31. The van der Waals surface area contributed by atoms with Crippen molar-refractivity contribution in [1.29, 1.82) is 0 Å². The van der Waals surface area contributed by atoms with Crippen LogP contribution in [0.25, 0.3) is 0 Å². The van der Waals surface area contributed by atoms with Crippen molar-refractivity contribution in [3.63, 3.8) is 0 Å². The number of hydrogen-bond acceptors (Lipinski definition) is 0. The molecule has 0 aromatic rings. The summed E-state index contributed by atoms with van der Waals surface area (Å²) in [5.41, 5.74) is 0. The molecule has 3 heteroatoms. The Morgan fingerprint density at radius 1 is 1.40 bits per heavy atom. The van der Waals surface area contributed by atoms with E-state index in [9.17, 15) is 0 Å². The number of alkyl halides is 2. The van der Waals surface area contributed by atoms with Gasteiger partial charge in [-0.1, -0.05) is 0 Å². The predicted molar refractivity (Wildman–Crippen MR) is 43.3 cm³/mol. The Kier molecular flexibility index (Phi) is 4.09. The summed E-state index contributed by atoms with van der Waals surface area (Å²) >= 11 is 10.4. The molecule has 0 nitrogen and oxygen atoms in total. The molecule has 55 valence electrons. The van der Waals surface area contributed by atoms with Crippen molar-refractivity contribution >= 4 is 23.2 Å². The first-order valence-corrected chi connectivity index (χ1v) is 7.27. The zero-order valence-corrected chi connectivity index (χ0v) is 8.68. The molecular weight excluding hydrogens is 203 g/mol. The maximum atomic E-state index is 5.77. The first-order valence-electron chi connectivity index (χ1n) is 3.21. The van der Waals surface area contributed by atoms with E-state index < -0.39 is 17.9 Å². The molecule has 0 atom stereocenters. The zero-order valence-electron chi connectivity index (χ0n) is 5.61. The molecule has 0 aromatic carbocycles. The third-order valence-corrected chi connectivity index (χ3v) is 7.21. The second kappa shape index (κ2) is 4.61. The Morgan fingerprint density at radius 3 is 2.50 bits per heavy atom. The minimum atomic E-state index is -1.17. The summed E-state index contributed by atoms with van der Waals surface area (Å²) < 4.78 is 3.14. The molecule has 0 aromatic heterocycles. The Balaban J connectivity index is 2.47. The third-order valence-electron chi connectivity index (χ3n) is 1.55. The summed E-state index contributed by atoms with van der Waals surface area (Å²) in [5.74, 6) is 0. The normalized spacial score (nSPS) is 15.6. The SMILES string of the molecule is Cl[CH2][Ti]([CH2]Cl)[C]1=CC=CC1. The van der Waals surface area contributed by atoms with Crippen LogP contribution in [0.15, 0.2) is 22.1 Å². The summed E-state index contributed by atoms with van der Waals surface area (Å²) in [6, 6.07) is 0. The summed E-state index contributed by atoms with van der Waals surface area (Å²) in [6.45, 7) is 0. The van der Waals surface area contributed by atoms with Crippen molar-refractivity contribution in [3.8, 4) is 0 Å². The molecule has 0 spiro atoms. The Bertz CT molecular complexity index is 159. The van der Waals surface area contributed by atoms with Crippen molar-refractivity contribution in [2.75, 3.05) is 8.37 Å². The summed E-state index contributed by atoms with van der Waals surface area (Å²) in [5, 5.41) is 0. The van der Waals surface area contributed by atoms with E-state index in [1.807, 2.05) is 0 Å². The molecule has 0 heterocycles. The molecule has 0 saturated carbocycles. The monoisotopic (exact) mass is 211 g/mol. The van der Waals surface area contributed by atoms with Gasteiger partial charge in [0.1, 0.15) is 0 Å². The van der Waals surface area contributed by atoms with Gasteiger partial charge in [0, 0.05) is 0 Å². The van der Waals surface area contributed by atoms with Crippen molar-refractivity contribution in [2.45, 2.75) is 6.42 Å². The molecule has 1 rings (SSSR count). The third kappa shape index (κ3) is 2.13. The van der Waals surface area contributed by atoms with Crippen LogP contribution in [0.1, 0.15) is 6.42 Å². The average Bonchev–Trinajstić information content (AvgIpc) is 2.43.